The lowest BCUT2D eigenvalue weighted by atomic mass is 9.86. The average molecular weight is 449 g/mol. The molecule has 3 unspecified atom stereocenters. The number of aromatic nitrogens is 1. The summed E-state index contributed by atoms with van der Waals surface area (Å²) >= 11 is 0. The van der Waals surface area contributed by atoms with Gasteiger partial charge in [-0.2, -0.15) is 0 Å². The third-order valence-corrected chi connectivity index (χ3v) is 9.21. The molecule has 0 spiro atoms. The van der Waals surface area contributed by atoms with Gasteiger partial charge in [-0.05, 0) is 48.4 Å². The molecule has 30 heavy (non-hydrogen) atoms. The van der Waals surface area contributed by atoms with E-state index in [2.05, 4.69) is 14.7 Å². The second-order valence-electron chi connectivity index (χ2n) is 7.76. The van der Waals surface area contributed by atoms with Crippen molar-refractivity contribution in [2.75, 3.05) is 5.75 Å². The Labute approximate surface area is 178 Å². The second kappa shape index (κ2) is 8.58. The van der Waals surface area contributed by atoms with E-state index >= 15 is 0 Å². The minimum atomic E-state index is -3.94. The van der Waals surface area contributed by atoms with Gasteiger partial charge in [-0.25, -0.2) is 22.5 Å². The highest BCUT2D eigenvalue weighted by Crippen LogP contribution is 2.49. The van der Waals surface area contributed by atoms with E-state index in [1.54, 1.807) is 12.4 Å². The van der Waals surface area contributed by atoms with Gasteiger partial charge in [0.2, 0.25) is 10.0 Å². The van der Waals surface area contributed by atoms with Crippen LogP contribution in [-0.2, 0) is 10.0 Å². The number of rotatable bonds is 6. The zero-order valence-electron chi connectivity index (χ0n) is 16.4. The molecule has 1 aliphatic carbocycles. The Bertz CT molecular complexity index is 1080. The highest BCUT2D eigenvalue weighted by Gasteiger charge is 2.34. The fourth-order valence-corrected chi connectivity index (χ4v) is 7.75. The molecule has 0 amide bonds. The van der Waals surface area contributed by atoms with Crippen LogP contribution in [-0.4, -0.2) is 30.7 Å². The van der Waals surface area contributed by atoms with Crippen molar-refractivity contribution in [3.05, 3.63) is 65.6 Å². The summed E-state index contributed by atoms with van der Waals surface area (Å²) in [7, 11) is -5.70. The molecular weight excluding hydrogens is 423 g/mol. The van der Waals surface area contributed by atoms with Crippen LogP contribution in [0.1, 0.15) is 31.2 Å². The maximum absolute atomic E-state index is 14.1. The Morgan fingerprint density at radius 1 is 1.17 bits per heavy atom. The molecule has 0 radical (unpaired) electrons. The van der Waals surface area contributed by atoms with E-state index in [-0.39, 0.29) is 16.9 Å². The predicted octanol–water partition coefficient (Wildman–Crippen LogP) is 3.78. The third kappa shape index (κ3) is 4.64. The van der Waals surface area contributed by atoms with Gasteiger partial charge in [0, 0.05) is 29.8 Å². The smallest absolute Gasteiger partial charge is 0.243 e. The first kappa shape index (κ1) is 21.2. The largest absolute Gasteiger partial charge is 0.287 e. The number of halogens is 1. The lowest BCUT2D eigenvalue weighted by molar-refractivity contribution is 0.314. The van der Waals surface area contributed by atoms with Gasteiger partial charge in [0.05, 0.1) is 11.2 Å². The van der Waals surface area contributed by atoms with Crippen LogP contribution in [0.3, 0.4) is 0 Å². The van der Waals surface area contributed by atoms with Crippen LogP contribution in [0.15, 0.2) is 64.1 Å². The molecule has 1 aromatic heterocycles. The zero-order chi connectivity index (χ0) is 21.2. The number of nitrogens with zero attached hydrogens (tertiary/aromatic N) is 2. The molecule has 2 heterocycles. The van der Waals surface area contributed by atoms with E-state index in [0.717, 1.165) is 36.6 Å². The predicted molar refractivity (Wildman–Crippen MR) is 120 cm³/mol. The van der Waals surface area contributed by atoms with E-state index in [1.807, 2.05) is 23.1 Å². The monoisotopic (exact) mass is 448 g/mol. The number of nitrogens with one attached hydrogen (secondary N) is 1. The maximum Gasteiger partial charge on any atom is 0.243 e. The number of aliphatic imine (C=N–C) groups is 1. The SMILES string of the molecule is NS1(CC2CCCCC2NS(=O)(=O)c2ccccc2F)C=NC(c2cccnc2)=C1. The summed E-state index contributed by atoms with van der Waals surface area (Å²) in [6, 6.07) is 8.96. The standard InChI is InChI=1S/C21H25FN4O2S2/c22-18-8-2-4-10-21(18)30(27,28)26-19-9-3-1-6-17(19)13-29(23)14-20(25-15-29)16-7-5-11-24-12-16/h2,4-5,7-8,10-12,14-15,17,19,26H,1,3,6,9,13,23H2. The molecule has 3 N–H and O–H groups in total. The van der Waals surface area contributed by atoms with Crippen LogP contribution in [0.5, 0.6) is 0 Å². The van der Waals surface area contributed by atoms with Crippen molar-refractivity contribution in [2.45, 2.75) is 36.6 Å². The van der Waals surface area contributed by atoms with Gasteiger partial charge in [-0.1, -0.05) is 25.0 Å². The van der Waals surface area contributed by atoms with Crippen LogP contribution >= 0.6 is 10.2 Å². The molecular formula is C21H25FN4O2S2. The molecule has 1 fully saturated rings. The minimum Gasteiger partial charge on any atom is -0.287 e. The lowest BCUT2D eigenvalue weighted by Gasteiger charge is -2.37. The topological polar surface area (TPSA) is 97.4 Å². The summed E-state index contributed by atoms with van der Waals surface area (Å²) in [6.07, 6.45) is 7.00. The quantitative estimate of drug-likeness (QED) is 0.703. The molecule has 4 rings (SSSR count). The molecule has 9 heteroatoms. The highest BCUT2D eigenvalue weighted by molar-refractivity contribution is 8.44. The van der Waals surface area contributed by atoms with E-state index in [9.17, 15) is 12.8 Å². The van der Waals surface area contributed by atoms with E-state index in [4.69, 9.17) is 5.14 Å². The van der Waals surface area contributed by atoms with E-state index in [1.165, 1.54) is 18.2 Å². The fraction of sp³-hybridized carbons (Fsp3) is 0.333. The molecule has 0 saturated heterocycles. The highest BCUT2D eigenvalue weighted by atomic mass is 32.3. The maximum atomic E-state index is 14.1. The second-order valence-corrected chi connectivity index (χ2v) is 12.0. The molecule has 2 aromatic rings. The Morgan fingerprint density at radius 2 is 1.97 bits per heavy atom. The average Bonchev–Trinajstić information content (AvgIpc) is 3.12. The number of nitrogens with two attached hydrogens (primary N) is 1. The van der Waals surface area contributed by atoms with E-state index < -0.39 is 26.1 Å². The van der Waals surface area contributed by atoms with Crippen LogP contribution in [0.4, 0.5) is 4.39 Å². The van der Waals surface area contributed by atoms with Crippen molar-refractivity contribution >= 4 is 31.5 Å². The summed E-state index contributed by atoms with van der Waals surface area (Å²) in [5, 5.41) is 8.68. The molecule has 1 aromatic carbocycles. The van der Waals surface area contributed by atoms with Gasteiger partial charge >= 0.3 is 0 Å². The summed E-state index contributed by atoms with van der Waals surface area (Å²) in [4.78, 5) is 8.32. The van der Waals surface area contributed by atoms with Crippen molar-refractivity contribution in [3.63, 3.8) is 0 Å². The number of hydrogen-bond donors (Lipinski definition) is 2. The van der Waals surface area contributed by atoms with Gasteiger partial charge in [0.1, 0.15) is 10.7 Å². The number of benzene rings is 1. The van der Waals surface area contributed by atoms with Crippen molar-refractivity contribution in [1.29, 1.82) is 0 Å². The van der Waals surface area contributed by atoms with Crippen LogP contribution in [0, 0.1) is 11.7 Å². The van der Waals surface area contributed by atoms with Crippen molar-refractivity contribution in [1.82, 2.24) is 9.71 Å². The molecule has 1 saturated carbocycles. The first-order valence-electron chi connectivity index (χ1n) is 9.88. The Kier molecular flexibility index (Phi) is 6.06. The molecule has 0 bridgehead atoms. The molecule has 6 nitrogen and oxygen atoms in total. The number of pyridine rings is 1. The van der Waals surface area contributed by atoms with Crippen molar-refractivity contribution < 1.29 is 12.8 Å². The summed E-state index contributed by atoms with van der Waals surface area (Å²) < 4.78 is 42.4. The van der Waals surface area contributed by atoms with Gasteiger partial charge in [-0.3, -0.25) is 10.1 Å². The van der Waals surface area contributed by atoms with Crippen molar-refractivity contribution in [3.8, 4) is 0 Å². The first-order valence-corrected chi connectivity index (χ1v) is 13.4. The van der Waals surface area contributed by atoms with Gasteiger partial charge in [-0.15, -0.1) is 10.2 Å². The van der Waals surface area contributed by atoms with Gasteiger partial charge < -0.3 is 0 Å². The summed E-state index contributed by atoms with van der Waals surface area (Å²) in [5.74, 6) is -0.0356. The van der Waals surface area contributed by atoms with Gasteiger partial charge in [0.15, 0.2) is 0 Å². The summed E-state index contributed by atoms with van der Waals surface area (Å²) in [5.41, 5.74) is 3.53. The third-order valence-electron chi connectivity index (χ3n) is 5.52. The van der Waals surface area contributed by atoms with Crippen LogP contribution < -0.4 is 9.86 Å². The molecule has 160 valence electrons. The fourth-order valence-electron chi connectivity index (χ4n) is 4.03. The Balaban J connectivity index is 1.52. The van der Waals surface area contributed by atoms with Crippen molar-refractivity contribution in [2.24, 2.45) is 16.0 Å². The van der Waals surface area contributed by atoms with Crippen LogP contribution in [0.25, 0.3) is 5.70 Å². The van der Waals surface area contributed by atoms with E-state index in [0.29, 0.717) is 12.2 Å². The normalized spacial score (nSPS) is 28.7. The van der Waals surface area contributed by atoms with Crippen LogP contribution in [0.2, 0.25) is 0 Å². The Morgan fingerprint density at radius 3 is 2.73 bits per heavy atom. The lowest BCUT2D eigenvalue weighted by Crippen LogP contribution is -2.44. The zero-order valence-corrected chi connectivity index (χ0v) is 18.1. The molecule has 3 atom stereocenters. The molecule has 2 aliphatic rings. The minimum absolute atomic E-state index is 0.0660. The first-order chi connectivity index (χ1) is 14.4. The Hall–Kier alpha value is -2.07. The number of sulfonamides is 1. The van der Waals surface area contributed by atoms with Gasteiger partial charge in [0.25, 0.3) is 0 Å². The summed E-state index contributed by atoms with van der Waals surface area (Å²) in [6.45, 7) is 0. The molecule has 1 aliphatic heterocycles. The number of hydrogen-bond acceptors (Lipinski definition) is 5.